The maximum absolute atomic E-state index is 14.2. The number of nitrogens with one attached hydrogen (secondary N) is 2. The largest absolute Gasteiger partial charge is 0.387 e. The molecule has 1 amide bonds. The molecule has 3 N–H and O–H groups in total. The number of halogens is 1. The summed E-state index contributed by atoms with van der Waals surface area (Å²) in [6.07, 6.45) is -2.13. The number of aliphatic hydroxyl groups is 1. The fourth-order valence-electron chi connectivity index (χ4n) is 2.57. The third-order valence-electron chi connectivity index (χ3n) is 4.03. The molecule has 0 aliphatic carbocycles. The number of H-pyrrole nitrogens is 1. The molecule has 2 aromatic rings. The van der Waals surface area contributed by atoms with Gasteiger partial charge in [0.15, 0.2) is 11.2 Å². The normalized spacial score (nSPS) is 26.5. The molecule has 1 aliphatic rings. The lowest BCUT2D eigenvalue weighted by atomic mass is 10.1. The van der Waals surface area contributed by atoms with E-state index in [-0.39, 0.29) is 34.2 Å². The molecule has 0 bridgehead atoms. The van der Waals surface area contributed by atoms with Crippen molar-refractivity contribution in [3.05, 3.63) is 10.4 Å². The molecule has 0 spiro atoms. The predicted molar refractivity (Wildman–Crippen MR) is 91.0 cm³/mol. The number of aromatic nitrogens is 5. The highest BCUT2D eigenvalue weighted by atomic mass is 32.2. The van der Waals surface area contributed by atoms with Gasteiger partial charge in [0, 0.05) is 11.2 Å². The number of fused-ring (bicyclic) bond motifs is 1. The van der Waals surface area contributed by atoms with E-state index in [2.05, 4.69) is 25.6 Å². The van der Waals surface area contributed by atoms with Gasteiger partial charge >= 0.3 is 0 Å². The SMILES string of the molecule is CC[C@H]1S[C@@H](n2nnc3c(=O)[nH]c(NC(=O)C(C)C)nc32)C(O)[C@H]1F. The van der Waals surface area contributed by atoms with Gasteiger partial charge in [-0.15, -0.1) is 16.9 Å². The van der Waals surface area contributed by atoms with E-state index in [0.717, 1.165) is 0 Å². The van der Waals surface area contributed by atoms with Crippen molar-refractivity contribution in [2.75, 3.05) is 5.32 Å². The van der Waals surface area contributed by atoms with Crippen LogP contribution in [0.25, 0.3) is 11.2 Å². The molecule has 1 unspecified atom stereocenters. The van der Waals surface area contributed by atoms with Gasteiger partial charge in [-0.3, -0.25) is 19.9 Å². The molecule has 3 rings (SSSR count). The Morgan fingerprint density at radius 3 is 2.84 bits per heavy atom. The maximum atomic E-state index is 14.2. The molecule has 1 saturated heterocycles. The molecule has 1 fully saturated rings. The summed E-state index contributed by atoms with van der Waals surface area (Å²) in [6.45, 7) is 5.24. The number of thioether (sulfide) groups is 1. The first-order valence-electron chi connectivity index (χ1n) is 7.97. The Bertz CT molecular complexity index is 853. The standard InChI is InChI=1S/C14H19FN6O3S/c1-4-6-7(15)9(22)13(25-6)21-10-8(19-20-21)12(24)18-14(16-10)17-11(23)5(2)3/h5-7,9,13,22H,4H2,1-3H3,(H2,16,17,18,23,24)/t6-,7+,9?,13-/m1/s1. The van der Waals surface area contributed by atoms with Gasteiger partial charge in [-0.1, -0.05) is 26.0 Å². The van der Waals surface area contributed by atoms with Crippen LogP contribution in [0.3, 0.4) is 0 Å². The number of carbonyl (C=O) groups excluding carboxylic acids is 1. The number of aromatic amines is 1. The van der Waals surface area contributed by atoms with Gasteiger partial charge in [0.05, 0.1) is 0 Å². The van der Waals surface area contributed by atoms with Gasteiger partial charge in [-0.05, 0) is 6.42 Å². The summed E-state index contributed by atoms with van der Waals surface area (Å²) in [6, 6.07) is 0. The van der Waals surface area contributed by atoms with Crippen LogP contribution in [-0.4, -0.2) is 53.5 Å². The molecule has 0 saturated carbocycles. The topological polar surface area (TPSA) is 126 Å². The van der Waals surface area contributed by atoms with Crippen LogP contribution >= 0.6 is 11.8 Å². The number of rotatable bonds is 4. The lowest BCUT2D eigenvalue weighted by molar-refractivity contribution is -0.118. The summed E-state index contributed by atoms with van der Waals surface area (Å²) in [7, 11) is 0. The van der Waals surface area contributed by atoms with Crippen LogP contribution in [0.2, 0.25) is 0 Å². The van der Waals surface area contributed by atoms with Crippen molar-refractivity contribution in [3.8, 4) is 0 Å². The number of hydrogen-bond donors (Lipinski definition) is 3. The number of amides is 1. The minimum Gasteiger partial charge on any atom is -0.387 e. The quantitative estimate of drug-likeness (QED) is 0.728. The van der Waals surface area contributed by atoms with Crippen molar-refractivity contribution in [2.24, 2.45) is 5.92 Å². The van der Waals surface area contributed by atoms with Crippen LogP contribution in [0, 0.1) is 5.92 Å². The Kier molecular flexibility index (Phi) is 4.78. The van der Waals surface area contributed by atoms with Gasteiger partial charge in [0.2, 0.25) is 11.9 Å². The van der Waals surface area contributed by atoms with Crippen molar-refractivity contribution in [2.45, 2.75) is 50.1 Å². The number of aliphatic hydroxyl groups excluding tert-OH is 1. The summed E-state index contributed by atoms with van der Waals surface area (Å²) in [5, 5.41) is 19.2. The zero-order valence-electron chi connectivity index (χ0n) is 13.9. The molecule has 25 heavy (non-hydrogen) atoms. The van der Waals surface area contributed by atoms with Gasteiger partial charge in [-0.2, -0.15) is 4.98 Å². The van der Waals surface area contributed by atoms with E-state index in [4.69, 9.17) is 0 Å². The Morgan fingerprint density at radius 2 is 2.24 bits per heavy atom. The minimum absolute atomic E-state index is 0.0364. The second kappa shape index (κ2) is 6.71. The molecule has 3 heterocycles. The number of anilines is 1. The number of carbonyl (C=O) groups is 1. The maximum Gasteiger partial charge on any atom is 0.282 e. The molecule has 11 heteroatoms. The molecule has 0 radical (unpaired) electrons. The Labute approximate surface area is 146 Å². The van der Waals surface area contributed by atoms with Crippen LogP contribution < -0.4 is 10.9 Å². The molecule has 9 nitrogen and oxygen atoms in total. The van der Waals surface area contributed by atoms with E-state index < -0.39 is 23.2 Å². The summed E-state index contributed by atoms with van der Waals surface area (Å²) in [5.41, 5.74) is -0.523. The molecule has 2 aromatic heterocycles. The third kappa shape index (κ3) is 3.13. The first kappa shape index (κ1) is 17.8. The van der Waals surface area contributed by atoms with Crippen LogP contribution in [0.15, 0.2) is 4.79 Å². The Balaban J connectivity index is 2.01. The first-order valence-corrected chi connectivity index (χ1v) is 8.91. The Hall–Kier alpha value is -2.01. The highest BCUT2D eigenvalue weighted by Gasteiger charge is 2.45. The van der Waals surface area contributed by atoms with E-state index in [1.165, 1.54) is 16.4 Å². The highest BCUT2D eigenvalue weighted by Crippen LogP contribution is 2.44. The van der Waals surface area contributed by atoms with Gasteiger partial charge in [-0.25, -0.2) is 9.07 Å². The van der Waals surface area contributed by atoms with Crippen LogP contribution in [-0.2, 0) is 4.79 Å². The second-order valence-electron chi connectivity index (χ2n) is 6.17. The van der Waals surface area contributed by atoms with Crippen LogP contribution in [0.4, 0.5) is 10.3 Å². The summed E-state index contributed by atoms with van der Waals surface area (Å²) in [4.78, 5) is 30.5. The molecular weight excluding hydrogens is 351 g/mol. The van der Waals surface area contributed by atoms with Crippen LogP contribution in [0.5, 0.6) is 0 Å². The predicted octanol–water partition coefficient (Wildman–Crippen LogP) is 0.832. The van der Waals surface area contributed by atoms with Crippen molar-refractivity contribution in [1.29, 1.82) is 0 Å². The van der Waals surface area contributed by atoms with Gasteiger partial charge in [0.25, 0.3) is 5.56 Å². The van der Waals surface area contributed by atoms with Crippen molar-refractivity contribution in [1.82, 2.24) is 25.0 Å². The van der Waals surface area contributed by atoms with Gasteiger partial charge < -0.3 is 5.11 Å². The molecule has 0 aromatic carbocycles. The minimum atomic E-state index is -1.40. The lowest BCUT2D eigenvalue weighted by Crippen LogP contribution is -2.28. The van der Waals surface area contributed by atoms with E-state index in [1.807, 2.05) is 6.92 Å². The van der Waals surface area contributed by atoms with Crippen LogP contribution in [0.1, 0.15) is 32.6 Å². The highest BCUT2D eigenvalue weighted by molar-refractivity contribution is 8.00. The number of nitrogens with zero attached hydrogens (tertiary/aromatic N) is 4. The van der Waals surface area contributed by atoms with E-state index in [1.54, 1.807) is 13.8 Å². The summed E-state index contributed by atoms with van der Waals surface area (Å²) in [5.74, 6) is -0.651. The monoisotopic (exact) mass is 370 g/mol. The summed E-state index contributed by atoms with van der Waals surface area (Å²) < 4.78 is 15.4. The average molecular weight is 370 g/mol. The zero-order chi connectivity index (χ0) is 18.3. The Morgan fingerprint density at radius 1 is 1.52 bits per heavy atom. The number of hydrogen-bond acceptors (Lipinski definition) is 7. The average Bonchev–Trinajstić information content (AvgIpc) is 3.10. The molecule has 1 aliphatic heterocycles. The smallest absolute Gasteiger partial charge is 0.282 e. The third-order valence-corrected chi connectivity index (χ3v) is 5.73. The molecule has 136 valence electrons. The second-order valence-corrected chi connectivity index (χ2v) is 7.53. The molecule has 4 atom stereocenters. The zero-order valence-corrected chi connectivity index (χ0v) is 14.7. The van der Waals surface area contributed by atoms with E-state index in [0.29, 0.717) is 6.42 Å². The van der Waals surface area contributed by atoms with Gasteiger partial charge in [0.1, 0.15) is 17.6 Å². The van der Waals surface area contributed by atoms with Crippen molar-refractivity contribution >= 4 is 34.8 Å². The number of alkyl halides is 1. The summed E-state index contributed by atoms with van der Waals surface area (Å²) >= 11 is 1.23. The fourth-order valence-corrected chi connectivity index (χ4v) is 4.00. The lowest BCUT2D eigenvalue weighted by Gasteiger charge is -2.14. The molecular formula is C14H19FN6O3S. The van der Waals surface area contributed by atoms with Crippen molar-refractivity contribution < 1.29 is 14.3 Å². The fraction of sp³-hybridized carbons (Fsp3) is 0.643. The van der Waals surface area contributed by atoms with E-state index in [9.17, 15) is 19.1 Å². The first-order chi connectivity index (χ1) is 11.8. The van der Waals surface area contributed by atoms with E-state index >= 15 is 0 Å². The van der Waals surface area contributed by atoms with Crippen molar-refractivity contribution in [3.63, 3.8) is 0 Å².